The summed E-state index contributed by atoms with van der Waals surface area (Å²) >= 11 is 5.58. The van der Waals surface area contributed by atoms with E-state index < -0.39 is 50.5 Å². The van der Waals surface area contributed by atoms with Crippen LogP contribution in [0.2, 0.25) is 5.02 Å². The molecule has 0 aliphatic carbocycles. The second kappa shape index (κ2) is 7.48. The molecule has 9 heteroatoms. The van der Waals surface area contributed by atoms with Crippen molar-refractivity contribution in [2.45, 2.75) is 38.0 Å². The van der Waals surface area contributed by atoms with Crippen LogP contribution in [-0.4, -0.2) is 35.9 Å². The van der Waals surface area contributed by atoms with Gasteiger partial charge in [-0.25, -0.2) is 12.8 Å². The van der Waals surface area contributed by atoms with E-state index in [1.54, 1.807) is 0 Å². The van der Waals surface area contributed by atoms with E-state index in [-0.39, 0.29) is 10.6 Å². The predicted molar refractivity (Wildman–Crippen MR) is 88.1 cm³/mol. The van der Waals surface area contributed by atoms with Crippen molar-refractivity contribution in [3.05, 3.63) is 34.6 Å². The van der Waals surface area contributed by atoms with E-state index in [0.717, 1.165) is 6.07 Å². The first-order valence-corrected chi connectivity index (χ1v) is 9.05. The monoisotopic (exact) mass is 379 g/mol. The molecule has 1 unspecified atom stereocenters. The molecule has 0 saturated carbocycles. The Morgan fingerprint density at radius 3 is 2.38 bits per heavy atom. The molecule has 0 saturated heterocycles. The van der Waals surface area contributed by atoms with Gasteiger partial charge >= 0.3 is 5.97 Å². The summed E-state index contributed by atoms with van der Waals surface area (Å²) in [7, 11) is -3.72. The highest BCUT2D eigenvalue weighted by atomic mass is 35.5. The van der Waals surface area contributed by atoms with E-state index in [1.807, 2.05) is 0 Å². The second-order valence-electron chi connectivity index (χ2n) is 6.26. The van der Waals surface area contributed by atoms with Crippen LogP contribution in [0.25, 0.3) is 0 Å². The van der Waals surface area contributed by atoms with Crippen molar-refractivity contribution in [2.24, 2.45) is 0 Å². The number of hydrogen-bond donors (Lipinski definition) is 2. The van der Waals surface area contributed by atoms with Crippen LogP contribution in [0.3, 0.4) is 0 Å². The lowest BCUT2D eigenvalue weighted by molar-refractivity contribution is -0.137. The van der Waals surface area contributed by atoms with Crippen molar-refractivity contribution >= 4 is 33.3 Å². The van der Waals surface area contributed by atoms with Crippen molar-refractivity contribution in [2.75, 3.05) is 5.75 Å². The van der Waals surface area contributed by atoms with Gasteiger partial charge in [-0.2, -0.15) is 0 Å². The van der Waals surface area contributed by atoms with E-state index in [1.165, 1.54) is 32.9 Å². The largest absolute Gasteiger partial charge is 0.481 e. The summed E-state index contributed by atoms with van der Waals surface area (Å²) in [5, 5.41) is 11.1. The first-order valence-electron chi connectivity index (χ1n) is 7.02. The van der Waals surface area contributed by atoms with Crippen molar-refractivity contribution < 1.29 is 27.5 Å². The van der Waals surface area contributed by atoms with Gasteiger partial charge in [0.25, 0.3) is 0 Å². The van der Waals surface area contributed by atoms with E-state index in [0.29, 0.717) is 0 Å². The minimum absolute atomic E-state index is 0.144. The van der Waals surface area contributed by atoms with Gasteiger partial charge in [-0.15, -0.1) is 0 Å². The Kier molecular flexibility index (Phi) is 6.35. The third-order valence-corrected chi connectivity index (χ3v) is 6.13. The zero-order valence-corrected chi connectivity index (χ0v) is 15.0. The zero-order valence-electron chi connectivity index (χ0n) is 13.5. The molecule has 0 heterocycles. The molecule has 0 fully saturated rings. The number of aliphatic carboxylic acids is 1. The number of halogens is 2. The lowest BCUT2D eigenvalue weighted by atomic mass is 10.0. The highest BCUT2D eigenvalue weighted by Crippen LogP contribution is 2.23. The number of rotatable bonds is 6. The molecule has 1 amide bonds. The molecule has 0 aliphatic rings. The van der Waals surface area contributed by atoms with Crippen LogP contribution in [-0.2, 0) is 19.4 Å². The fraction of sp³-hybridized carbons (Fsp3) is 0.467. The molecule has 6 nitrogen and oxygen atoms in total. The maximum Gasteiger partial charge on any atom is 0.305 e. The molecule has 0 spiro atoms. The highest BCUT2D eigenvalue weighted by molar-refractivity contribution is 7.93. The molecule has 0 radical (unpaired) electrons. The number of carboxylic acids is 1. The van der Waals surface area contributed by atoms with Gasteiger partial charge in [0.1, 0.15) is 11.6 Å². The summed E-state index contributed by atoms with van der Waals surface area (Å²) in [5.74, 6) is -3.63. The molecule has 0 aromatic heterocycles. The third-order valence-electron chi connectivity index (χ3n) is 3.31. The molecule has 1 rings (SSSR count). The van der Waals surface area contributed by atoms with Gasteiger partial charge in [0.2, 0.25) is 5.91 Å². The number of amides is 1. The van der Waals surface area contributed by atoms with E-state index in [4.69, 9.17) is 16.7 Å². The number of hydrogen-bond acceptors (Lipinski definition) is 4. The van der Waals surface area contributed by atoms with Gasteiger partial charge in [-0.1, -0.05) is 17.7 Å². The number of carbonyl (C=O) groups is 2. The molecule has 134 valence electrons. The van der Waals surface area contributed by atoms with Crippen molar-refractivity contribution in [3.8, 4) is 0 Å². The average molecular weight is 380 g/mol. The van der Waals surface area contributed by atoms with Crippen molar-refractivity contribution in [3.63, 3.8) is 0 Å². The van der Waals surface area contributed by atoms with Gasteiger partial charge in [0.15, 0.2) is 9.84 Å². The Morgan fingerprint density at radius 1 is 1.33 bits per heavy atom. The minimum atomic E-state index is -3.72. The second-order valence-corrected chi connectivity index (χ2v) is 9.41. The summed E-state index contributed by atoms with van der Waals surface area (Å²) in [5.41, 5.74) is 0.181. The predicted octanol–water partition coefficient (Wildman–Crippen LogP) is 2.32. The summed E-state index contributed by atoms with van der Waals surface area (Å²) in [6, 6.07) is 2.54. The van der Waals surface area contributed by atoms with Crippen LogP contribution >= 0.6 is 11.6 Å². The van der Waals surface area contributed by atoms with E-state index >= 15 is 0 Å². The summed E-state index contributed by atoms with van der Waals surface area (Å²) < 4.78 is 36.5. The smallest absolute Gasteiger partial charge is 0.305 e. The molecule has 1 aromatic carbocycles. The highest BCUT2D eigenvalue weighted by Gasteiger charge is 2.32. The molecular weight excluding hydrogens is 361 g/mol. The molecule has 0 bridgehead atoms. The summed E-state index contributed by atoms with van der Waals surface area (Å²) in [6.45, 7) is 4.37. The minimum Gasteiger partial charge on any atom is -0.481 e. The fourth-order valence-electron chi connectivity index (χ4n) is 1.78. The quantitative estimate of drug-likeness (QED) is 0.790. The summed E-state index contributed by atoms with van der Waals surface area (Å²) in [4.78, 5) is 23.0. The van der Waals surface area contributed by atoms with Crippen LogP contribution < -0.4 is 5.32 Å². The zero-order chi connectivity index (χ0) is 18.7. The Labute approximate surface area is 144 Å². The van der Waals surface area contributed by atoms with Crippen LogP contribution in [0.1, 0.15) is 38.8 Å². The SMILES string of the molecule is CC(C)(C)S(=O)(=O)CC(=O)NC(CC(=O)O)c1ccc(Cl)c(F)c1. The maximum absolute atomic E-state index is 13.6. The van der Waals surface area contributed by atoms with Crippen LogP contribution in [0.15, 0.2) is 18.2 Å². The summed E-state index contributed by atoms with van der Waals surface area (Å²) in [6.07, 6.45) is -0.525. The maximum atomic E-state index is 13.6. The lowest BCUT2D eigenvalue weighted by Crippen LogP contribution is -2.40. The Hall–Kier alpha value is -1.67. The van der Waals surface area contributed by atoms with Gasteiger partial charge in [0, 0.05) is 0 Å². The van der Waals surface area contributed by atoms with E-state index in [2.05, 4.69) is 5.32 Å². The lowest BCUT2D eigenvalue weighted by Gasteiger charge is -2.21. The van der Waals surface area contributed by atoms with Gasteiger partial charge in [-0.05, 0) is 38.5 Å². The van der Waals surface area contributed by atoms with E-state index in [9.17, 15) is 22.4 Å². The number of carbonyl (C=O) groups excluding carboxylic acids is 1. The first kappa shape index (κ1) is 20.4. The molecule has 1 atom stereocenters. The molecule has 1 aromatic rings. The standard InChI is InChI=1S/C15H19ClFNO5S/c1-15(2,3)24(22,23)8-13(19)18-12(7-14(20)21)9-4-5-10(16)11(17)6-9/h4-6,12H,7-8H2,1-3H3,(H,18,19)(H,20,21). The fourth-order valence-corrected chi connectivity index (χ4v) is 2.76. The van der Waals surface area contributed by atoms with Crippen molar-refractivity contribution in [1.29, 1.82) is 0 Å². The topological polar surface area (TPSA) is 101 Å². The molecular formula is C15H19ClFNO5S. The average Bonchev–Trinajstić information content (AvgIpc) is 2.38. The van der Waals surface area contributed by atoms with Crippen molar-refractivity contribution in [1.82, 2.24) is 5.32 Å². The first-order chi connectivity index (χ1) is 10.8. The molecule has 2 N–H and O–H groups in total. The van der Waals surface area contributed by atoms with Crippen LogP contribution in [0.4, 0.5) is 4.39 Å². The van der Waals surface area contributed by atoms with Gasteiger partial charge in [-0.3, -0.25) is 9.59 Å². The Morgan fingerprint density at radius 2 is 1.92 bits per heavy atom. The van der Waals surface area contributed by atoms with Crippen LogP contribution in [0.5, 0.6) is 0 Å². The Balaban J connectivity index is 3.00. The number of carboxylic acid groups (broad SMARTS) is 1. The van der Waals surface area contributed by atoms with Crippen LogP contribution in [0, 0.1) is 5.82 Å². The van der Waals surface area contributed by atoms with Gasteiger partial charge < -0.3 is 10.4 Å². The normalized spacial score (nSPS) is 13.4. The number of benzene rings is 1. The third kappa shape index (κ3) is 5.45. The van der Waals surface area contributed by atoms with Gasteiger partial charge in [0.05, 0.1) is 22.2 Å². The number of nitrogens with one attached hydrogen (secondary N) is 1. The Bertz CT molecular complexity index is 743. The number of sulfone groups is 1. The molecule has 0 aliphatic heterocycles. The molecule has 24 heavy (non-hydrogen) atoms.